The second kappa shape index (κ2) is 6.11. The zero-order valence-electron chi connectivity index (χ0n) is 9.73. The van der Waals surface area contributed by atoms with Gasteiger partial charge in [-0.05, 0) is 25.5 Å². The molecular weight excluding hydrogens is 244 g/mol. The predicted molar refractivity (Wildman–Crippen MR) is 65.1 cm³/mol. The molecule has 7 heteroatoms. The van der Waals surface area contributed by atoms with Crippen LogP contribution in [0.25, 0.3) is 0 Å². The lowest BCUT2D eigenvalue weighted by Crippen LogP contribution is -2.49. The van der Waals surface area contributed by atoms with Crippen molar-refractivity contribution in [2.75, 3.05) is 18.8 Å². The summed E-state index contributed by atoms with van der Waals surface area (Å²) in [5.41, 5.74) is -1.93. The zero-order chi connectivity index (χ0) is 12.9. The Labute approximate surface area is 104 Å². The molecule has 1 fully saturated rings. The quantitative estimate of drug-likeness (QED) is 0.560. The summed E-state index contributed by atoms with van der Waals surface area (Å²) < 4.78 is 0. The number of thioether (sulfide) groups is 1. The summed E-state index contributed by atoms with van der Waals surface area (Å²) in [6, 6.07) is -0.445. The minimum atomic E-state index is -1.93. The van der Waals surface area contributed by atoms with Crippen LogP contribution in [0.2, 0.25) is 0 Å². The SMILES string of the molecule is CC(O)(CNC(=O)NCC1CCCS1)C(=O)O. The minimum absolute atomic E-state index is 0.314. The van der Waals surface area contributed by atoms with Gasteiger partial charge in [-0.3, -0.25) is 0 Å². The van der Waals surface area contributed by atoms with Gasteiger partial charge in [-0.2, -0.15) is 11.8 Å². The summed E-state index contributed by atoms with van der Waals surface area (Å²) >= 11 is 1.83. The van der Waals surface area contributed by atoms with Gasteiger partial charge >= 0.3 is 12.0 Å². The second-order valence-electron chi connectivity index (χ2n) is 4.28. The Hall–Kier alpha value is -0.950. The lowest BCUT2D eigenvalue weighted by molar-refractivity contribution is -0.155. The molecule has 4 N–H and O–H groups in total. The van der Waals surface area contributed by atoms with Gasteiger partial charge in [0.25, 0.3) is 0 Å². The topological polar surface area (TPSA) is 98.7 Å². The number of carboxylic acids is 1. The highest BCUT2D eigenvalue weighted by Crippen LogP contribution is 2.25. The van der Waals surface area contributed by atoms with Gasteiger partial charge in [0.1, 0.15) is 0 Å². The number of carbonyl (C=O) groups is 2. The number of nitrogens with one attached hydrogen (secondary N) is 2. The van der Waals surface area contributed by atoms with E-state index in [0.29, 0.717) is 11.8 Å². The Morgan fingerprint density at radius 3 is 2.71 bits per heavy atom. The Balaban J connectivity index is 2.18. The highest BCUT2D eigenvalue weighted by molar-refractivity contribution is 8.00. The van der Waals surface area contributed by atoms with Crippen LogP contribution in [0.3, 0.4) is 0 Å². The molecule has 1 aliphatic heterocycles. The molecule has 17 heavy (non-hydrogen) atoms. The molecule has 1 heterocycles. The summed E-state index contributed by atoms with van der Waals surface area (Å²) in [5.74, 6) is -0.231. The smallest absolute Gasteiger partial charge is 0.337 e. The number of aliphatic carboxylic acids is 1. The molecule has 0 radical (unpaired) electrons. The fourth-order valence-electron chi connectivity index (χ4n) is 1.40. The van der Waals surface area contributed by atoms with Crippen molar-refractivity contribution in [3.05, 3.63) is 0 Å². The highest BCUT2D eigenvalue weighted by Gasteiger charge is 2.30. The Bertz CT molecular complexity index is 290. The van der Waals surface area contributed by atoms with E-state index in [1.54, 1.807) is 0 Å². The number of amides is 2. The summed E-state index contributed by atoms with van der Waals surface area (Å²) in [5, 5.41) is 23.5. The van der Waals surface area contributed by atoms with Gasteiger partial charge < -0.3 is 20.8 Å². The van der Waals surface area contributed by atoms with E-state index in [0.717, 1.165) is 19.1 Å². The van der Waals surface area contributed by atoms with Crippen molar-refractivity contribution >= 4 is 23.8 Å². The first-order valence-electron chi connectivity index (χ1n) is 5.51. The second-order valence-corrected chi connectivity index (χ2v) is 5.69. The number of carbonyl (C=O) groups excluding carboxylic acids is 1. The summed E-state index contributed by atoms with van der Waals surface area (Å²) in [6.45, 7) is 1.40. The standard InChI is InChI=1S/C10H18N2O4S/c1-10(16,8(13)14)6-12-9(15)11-5-7-3-2-4-17-7/h7,16H,2-6H2,1H3,(H,13,14)(H2,11,12,15). The predicted octanol–water partition coefficient (Wildman–Crippen LogP) is 0.0168. The lowest BCUT2D eigenvalue weighted by atomic mass is 10.1. The van der Waals surface area contributed by atoms with E-state index < -0.39 is 17.6 Å². The van der Waals surface area contributed by atoms with Crippen LogP contribution in [-0.2, 0) is 4.79 Å². The third-order valence-electron chi connectivity index (χ3n) is 2.57. The maximum Gasteiger partial charge on any atom is 0.337 e. The number of rotatable bonds is 5. The third kappa shape index (κ3) is 4.82. The molecule has 0 bridgehead atoms. The zero-order valence-corrected chi connectivity index (χ0v) is 10.5. The Morgan fingerprint density at radius 2 is 2.18 bits per heavy atom. The van der Waals surface area contributed by atoms with Crippen LogP contribution >= 0.6 is 11.8 Å². The molecule has 1 saturated heterocycles. The minimum Gasteiger partial charge on any atom is -0.479 e. The Morgan fingerprint density at radius 1 is 1.47 bits per heavy atom. The molecule has 2 amide bonds. The summed E-state index contributed by atoms with van der Waals surface area (Å²) in [4.78, 5) is 21.9. The van der Waals surface area contributed by atoms with Crippen LogP contribution in [0, 0.1) is 0 Å². The van der Waals surface area contributed by atoms with Crippen molar-refractivity contribution in [3.8, 4) is 0 Å². The largest absolute Gasteiger partial charge is 0.479 e. The molecule has 0 spiro atoms. The summed E-state index contributed by atoms with van der Waals surface area (Å²) in [7, 11) is 0. The van der Waals surface area contributed by atoms with Crippen LogP contribution in [0.4, 0.5) is 4.79 Å². The van der Waals surface area contributed by atoms with Crippen molar-refractivity contribution in [1.82, 2.24) is 10.6 Å². The van der Waals surface area contributed by atoms with E-state index in [2.05, 4.69) is 10.6 Å². The number of hydrogen-bond acceptors (Lipinski definition) is 4. The fraction of sp³-hybridized carbons (Fsp3) is 0.800. The van der Waals surface area contributed by atoms with Crippen molar-refractivity contribution in [2.45, 2.75) is 30.6 Å². The van der Waals surface area contributed by atoms with Gasteiger partial charge in [-0.15, -0.1) is 0 Å². The van der Waals surface area contributed by atoms with Crippen LogP contribution in [0.1, 0.15) is 19.8 Å². The normalized spacial score (nSPS) is 22.8. The molecule has 98 valence electrons. The highest BCUT2D eigenvalue weighted by atomic mass is 32.2. The first kappa shape index (κ1) is 14.1. The van der Waals surface area contributed by atoms with E-state index in [9.17, 15) is 14.7 Å². The summed E-state index contributed by atoms with van der Waals surface area (Å²) in [6.07, 6.45) is 2.27. The van der Waals surface area contributed by atoms with Gasteiger partial charge in [0, 0.05) is 11.8 Å². The van der Waals surface area contributed by atoms with Gasteiger partial charge in [0.15, 0.2) is 5.60 Å². The average Bonchev–Trinajstić information content (AvgIpc) is 2.76. The lowest BCUT2D eigenvalue weighted by Gasteiger charge is -2.19. The molecule has 0 aromatic rings. The molecular formula is C10H18N2O4S. The van der Waals surface area contributed by atoms with E-state index >= 15 is 0 Å². The number of urea groups is 1. The van der Waals surface area contributed by atoms with Gasteiger partial charge in [0.2, 0.25) is 0 Å². The van der Waals surface area contributed by atoms with Crippen LogP contribution in [0.15, 0.2) is 0 Å². The molecule has 0 aromatic carbocycles. The fourth-order valence-corrected chi connectivity index (χ4v) is 2.60. The molecule has 2 atom stereocenters. The van der Waals surface area contributed by atoms with Gasteiger partial charge in [-0.25, -0.2) is 9.59 Å². The number of aliphatic hydroxyl groups is 1. The molecule has 0 aliphatic carbocycles. The maximum atomic E-state index is 11.3. The van der Waals surface area contributed by atoms with Crippen molar-refractivity contribution in [2.24, 2.45) is 0 Å². The number of hydrogen-bond donors (Lipinski definition) is 4. The van der Waals surface area contributed by atoms with E-state index in [4.69, 9.17) is 5.11 Å². The molecule has 1 aliphatic rings. The molecule has 1 rings (SSSR count). The number of carboxylic acid groups (broad SMARTS) is 1. The van der Waals surface area contributed by atoms with Crippen molar-refractivity contribution in [3.63, 3.8) is 0 Å². The molecule has 0 aromatic heterocycles. The Kier molecular flexibility index (Phi) is 5.07. The monoisotopic (exact) mass is 262 g/mol. The first-order valence-corrected chi connectivity index (χ1v) is 6.56. The first-order chi connectivity index (χ1) is 7.92. The van der Waals surface area contributed by atoms with Gasteiger partial charge in [-0.1, -0.05) is 0 Å². The van der Waals surface area contributed by atoms with E-state index in [1.807, 2.05) is 11.8 Å². The van der Waals surface area contributed by atoms with E-state index in [-0.39, 0.29) is 6.54 Å². The van der Waals surface area contributed by atoms with Crippen LogP contribution in [0.5, 0.6) is 0 Å². The van der Waals surface area contributed by atoms with Crippen LogP contribution < -0.4 is 10.6 Å². The van der Waals surface area contributed by atoms with E-state index in [1.165, 1.54) is 6.42 Å². The third-order valence-corrected chi connectivity index (χ3v) is 3.97. The average molecular weight is 262 g/mol. The maximum absolute atomic E-state index is 11.3. The molecule has 6 nitrogen and oxygen atoms in total. The van der Waals surface area contributed by atoms with Crippen molar-refractivity contribution in [1.29, 1.82) is 0 Å². The molecule has 2 unspecified atom stereocenters. The van der Waals surface area contributed by atoms with Crippen LogP contribution in [-0.4, -0.2) is 51.9 Å². The molecule has 0 saturated carbocycles. The van der Waals surface area contributed by atoms with Gasteiger partial charge in [0.05, 0.1) is 6.54 Å². The van der Waals surface area contributed by atoms with Crippen molar-refractivity contribution < 1.29 is 19.8 Å².